The van der Waals surface area contributed by atoms with Crippen LogP contribution in [0.15, 0.2) is 18.3 Å². The van der Waals surface area contributed by atoms with Gasteiger partial charge >= 0.3 is 0 Å². The Balaban J connectivity index is 2.59. The standard InChI is InChI=1S/C14H23FN2S/c1-5-14(6-2,18-4)10-17-11(3)13-8-7-12(15)9-16-13/h7-9,11,17H,5-6,10H2,1-4H3. The minimum atomic E-state index is -0.286. The molecule has 1 aromatic heterocycles. The topological polar surface area (TPSA) is 24.9 Å². The SMILES string of the molecule is CCC(CC)(CNC(C)c1ccc(F)cn1)SC. The Hall–Kier alpha value is -0.610. The van der Waals surface area contributed by atoms with Crippen LogP contribution in [0, 0.1) is 5.82 Å². The lowest BCUT2D eigenvalue weighted by molar-refractivity contribution is 0.454. The molecule has 0 fully saturated rings. The van der Waals surface area contributed by atoms with Crippen LogP contribution in [0.25, 0.3) is 0 Å². The zero-order chi connectivity index (χ0) is 13.6. The van der Waals surface area contributed by atoms with Gasteiger partial charge in [0.25, 0.3) is 0 Å². The van der Waals surface area contributed by atoms with E-state index in [9.17, 15) is 4.39 Å². The molecule has 1 rings (SSSR count). The first kappa shape index (κ1) is 15.4. The minimum absolute atomic E-state index is 0.148. The molecule has 1 atom stereocenters. The van der Waals surface area contributed by atoms with Gasteiger partial charge in [0.1, 0.15) is 5.82 Å². The Bertz CT molecular complexity index is 341. The summed E-state index contributed by atoms with van der Waals surface area (Å²) in [5.41, 5.74) is 0.888. The molecule has 0 saturated carbocycles. The zero-order valence-corrected chi connectivity index (χ0v) is 12.5. The summed E-state index contributed by atoms with van der Waals surface area (Å²) in [6.45, 7) is 7.46. The van der Waals surface area contributed by atoms with Gasteiger partial charge in [0.15, 0.2) is 0 Å². The van der Waals surface area contributed by atoms with E-state index in [0.717, 1.165) is 25.1 Å². The number of pyridine rings is 1. The van der Waals surface area contributed by atoms with Crippen LogP contribution >= 0.6 is 11.8 Å². The third kappa shape index (κ3) is 3.95. The van der Waals surface area contributed by atoms with Gasteiger partial charge in [-0.25, -0.2) is 4.39 Å². The van der Waals surface area contributed by atoms with Crippen molar-refractivity contribution < 1.29 is 4.39 Å². The van der Waals surface area contributed by atoms with E-state index in [0.29, 0.717) is 0 Å². The fourth-order valence-corrected chi connectivity index (χ4v) is 2.75. The normalized spacial score (nSPS) is 13.6. The van der Waals surface area contributed by atoms with E-state index in [2.05, 4.69) is 37.3 Å². The molecule has 0 radical (unpaired) electrons. The van der Waals surface area contributed by atoms with Crippen molar-refractivity contribution in [2.45, 2.75) is 44.4 Å². The Morgan fingerprint density at radius 2 is 2.06 bits per heavy atom. The van der Waals surface area contributed by atoms with Gasteiger partial charge in [0.2, 0.25) is 0 Å². The molecule has 1 aromatic rings. The maximum Gasteiger partial charge on any atom is 0.141 e. The van der Waals surface area contributed by atoms with Crippen molar-refractivity contribution in [3.63, 3.8) is 0 Å². The van der Waals surface area contributed by atoms with Crippen LogP contribution in [0.4, 0.5) is 4.39 Å². The molecule has 2 nitrogen and oxygen atoms in total. The summed E-state index contributed by atoms with van der Waals surface area (Å²) in [4.78, 5) is 4.11. The molecule has 4 heteroatoms. The van der Waals surface area contributed by atoms with Crippen molar-refractivity contribution in [3.8, 4) is 0 Å². The first-order valence-electron chi connectivity index (χ1n) is 6.47. The Kier molecular flexibility index (Phi) is 6.09. The third-order valence-corrected chi connectivity index (χ3v) is 5.23. The fraction of sp³-hybridized carbons (Fsp3) is 0.643. The van der Waals surface area contributed by atoms with Gasteiger partial charge in [-0.3, -0.25) is 4.98 Å². The van der Waals surface area contributed by atoms with Gasteiger partial charge in [-0.1, -0.05) is 13.8 Å². The van der Waals surface area contributed by atoms with Crippen molar-refractivity contribution in [1.82, 2.24) is 10.3 Å². The van der Waals surface area contributed by atoms with E-state index in [1.54, 1.807) is 6.07 Å². The molecule has 0 aliphatic rings. The summed E-state index contributed by atoms with van der Waals surface area (Å²) in [7, 11) is 0. The van der Waals surface area contributed by atoms with Crippen LogP contribution in [0.2, 0.25) is 0 Å². The number of rotatable bonds is 7. The average Bonchev–Trinajstić information content (AvgIpc) is 2.41. The molecule has 0 saturated heterocycles. The lowest BCUT2D eigenvalue weighted by atomic mass is 10.0. The average molecular weight is 270 g/mol. The third-order valence-electron chi connectivity index (χ3n) is 3.65. The molecular weight excluding hydrogens is 247 g/mol. The van der Waals surface area contributed by atoms with E-state index in [1.807, 2.05) is 11.8 Å². The van der Waals surface area contributed by atoms with Gasteiger partial charge in [0, 0.05) is 17.3 Å². The highest BCUT2D eigenvalue weighted by atomic mass is 32.2. The molecule has 0 bridgehead atoms. The molecule has 18 heavy (non-hydrogen) atoms. The van der Waals surface area contributed by atoms with Crippen LogP contribution in [0.3, 0.4) is 0 Å². The summed E-state index contributed by atoms with van der Waals surface area (Å²) in [5.74, 6) is -0.286. The quantitative estimate of drug-likeness (QED) is 0.816. The van der Waals surface area contributed by atoms with Crippen molar-refractivity contribution in [2.75, 3.05) is 12.8 Å². The number of hydrogen-bond donors (Lipinski definition) is 1. The Morgan fingerprint density at radius 1 is 1.39 bits per heavy atom. The number of halogens is 1. The first-order chi connectivity index (χ1) is 8.56. The molecule has 0 aromatic carbocycles. The molecule has 102 valence electrons. The number of nitrogens with one attached hydrogen (secondary N) is 1. The molecule has 1 heterocycles. The Labute approximate surface area is 114 Å². The van der Waals surface area contributed by atoms with E-state index in [4.69, 9.17) is 0 Å². The number of hydrogen-bond acceptors (Lipinski definition) is 3. The zero-order valence-electron chi connectivity index (χ0n) is 11.7. The smallest absolute Gasteiger partial charge is 0.141 e. The second kappa shape index (κ2) is 7.10. The predicted molar refractivity (Wildman–Crippen MR) is 77.4 cm³/mol. The molecule has 1 unspecified atom stereocenters. The largest absolute Gasteiger partial charge is 0.307 e. The van der Waals surface area contributed by atoms with Gasteiger partial charge in [-0.15, -0.1) is 0 Å². The van der Waals surface area contributed by atoms with E-state index < -0.39 is 0 Å². The second-order valence-corrected chi connectivity index (χ2v) is 5.87. The fourth-order valence-electron chi connectivity index (χ4n) is 1.95. The lowest BCUT2D eigenvalue weighted by Crippen LogP contribution is -2.37. The lowest BCUT2D eigenvalue weighted by Gasteiger charge is -2.31. The van der Waals surface area contributed by atoms with E-state index >= 15 is 0 Å². The van der Waals surface area contributed by atoms with Crippen LogP contribution < -0.4 is 5.32 Å². The van der Waals surface area contributed by atoms with E-state index in [-0.39, 0.29) is 16.6 Å². The summed E-state index contributed by atoms with van der Waals surface area (Å²) in [5, 5.41) is 3.51. The summed E-state index contributed by atoms with van der Waals surface area (Å²) in [6.07, 6.45) is 5.72. The number of nitrogens with zero attached hydrogens (tertiary/aromatic N) is 1. The van der Waals surface area contributed by atoms with Crippen molar-refractivity contribution in [2.24, 2.45) is 0 Å². The van der Waals surface area contributed by atoms with Gasteiger partial charge in [-0.05, 0) is 38.2 Å². The highest BCUT2D eigenvalue weighted by molar-refractivity contribution is 8.00. The van der Waals surface area contributed by atoms with Gasteiger partial charge in [-0.2, -0.15) is 11.8 Å². The van der Waals surface area contributed by atoms with Gasteiger partial charge in [0.05, 0.1) is 11.9 Å². The first-order valence-corrected chi connectivity index (χ1v) is 7.69. The molecule has 0 spiro atoms. The second-order valence-electron chi connectivity index (χ2n) is 4.60. The molecule has 0 aliphatic heterocycles. The molecule has 0 amide bonds. The highest BCUT2D eigenvalue weighted by Crippen LogP contribution is 2.30. The van der Waals surface area contributed by atoms with Crippen molar-refractivity contribution in [3.05, 3.63) is 29.8 Å². The molecular formula is C14H23FN2S. The van der Waals surface area contributed by atoms with Crippen LogP contribution in [-0.2, 0) is 0 Å². The summed E-state index contributed by atoms with van der Waals surface area (Å²) < 4.78 is 13.1. The van der Waals surface area contributed by atoms with Crippen LogP contribution in [0.5, 0.6) is 0 Å². The van der Waals surface area contributed by atoms with Crippen LogP contribution in [0.1, 0.15) is 45.3 Å². The van der Waals surface area contributed by atoms with Crippen molar-refractivity contribution in [1.29, 1.82) is 0 Å². The van der Waals surface area contributed by atoms with Gasteiger partial charge < -0.3 is 5.32 Å². The monoisotopic (exact) mass is 270 g/mol. The Morgan fingerprint density at radius 3 is 2.50 bits per heavy atom. The van der Waals surface area contributed by atoms with Crippen molar-refractivity contribution >= 4 is 11.8 Å². The summed E-state index contributed by atoms with van der Waals surface area (Å²) in [6, 6.07) is 3.35. The maximum absolute atomic E-state index is 12.8. The minimum Gasteiger partial charge on any atom is -0.307 e. The van der Waals surface area contributed by atoms with Crippen LogP contribution in [-0.4, -0.2) is 22.5 Å². The highest BCUT2D eigenvalue weighted by Gasteiger charge is 2.25. The number of aromatic nitrogens is 1. The predicted octanol–water partition coefficient (Wildman–Crippen LogP) is 3.79. The number of thioether (sulfide) groups is 1. The van der Waals surface area contributed by atoms with E-state index in [1.165, 1.54) is 12.3 Å². The maximum atomic E-state index is 12.8. The summed E-state index contributed by atoms with van der Waals surface area (Å²) >= 11 is 1.91. The molecule has 0 aliphatic carbocycles. The molecule has 1 N–H and O–H groups in total.